The van der Waals surface area contributed by atoms with E-state index in [1.165, 1.54) is 0 Å². The quantitative estimate of drug-likeness (QED) is 0.523. The van der Waals surface area contributed by atoms with E-state index in [2.05, 4.69) is 15.5 Å². The Morgan fingerprint density at radius 3 is 3.13 bits per heavy atom. The summed E-state index contributed by atoms with van der Waals surface area (Å²) in [6, 6.07) is 3.64. The van der Waals surface area contributed by atoms with Crippen molar-refractivity contribution in [3.63, 3.8) is 0 Å². The number of rotatable bonds is 7. The molecule has 0 bridgehead atoms. The van der Waals surface area contributed by atoms with Crippen molar-refractivity contribution < 1.29 is 5.11 Å². The van der Waals surface area contributed by atoms with Gasteiger partial charge in [0.2, 0.25) is 0 Å². The summed E-state index contributed by atoms with van der Waals surface area (Å²) in [5.74, 6) is 0. The lowest BCUT2D eigenvalue weighted by atomic mass is 10.1. The van der Waals surface area contributed by atoms with Crippen molar-refractivity contribution in [3.8, 4) is 0 Å². The molecule has 0 spiro atoms. The second-order valence-electron chi connectivity index (χ2n) is 3.23. The van der Waals surface area contributed by atoms with Gasteiger partial charge >= 0.3 is 0 Å². The number of hydrogen-bond donors (Lipinski definition) is 2. The smallest absolute Gasteiger partial charge is 0.131 e. The maximum atomic E-state index is 9.75. The highest BCUT2D eigenvalue weighted by Crippen LogP contribution is 2.15. The molecular formula is C10H15N3O2. The maximum absolute atomic E-state index is 9.75. The van der Waals surface area contributed by atoms with Gasteiger partial charge in [-0.3, -0.25) is 10.3 Å². The van der Waals surface area contributed by atoms with E-state index in [-0.39, 0.29) is 6.67 Å². The summed E-state index contributed by atoms with van der Waals surface area (Å²) >= 11 is 0. The standard InChI is InChI=1S/C10H15N3O2/c14-10(4-2-6-12-8-13-15)9-3-1-5-11-7-9/h1,3,5,7,10,12,14H,2,4,6,8H2. The molecule has 0 saturated heterocycles. The Balaban J connectivity index is 2.19. The molecule has 2 N–H and O–H groups in total. The van der Waals surface area contributed by atoms with Gasteiger partial charge in [0.1, 0.15) is 6.67 Å². The molecule has 0 aliphatic carbocycles. The molecule has 0 aromatic carbocycles. The molecule has 5 heteroatoms. The highest BCUT2D eigenvalue weighted by atomic mass is 16.3. The van der Waals surface area contributed by atoms with E-state index in [4.69, 9.17) is 0 Å². The molecule has 1 atom stereocenters. The molecule has 82 valence electrons. The second kappa shape index (κ2) is 7.03. The average molecular weight is 209 g/mol. The average Bonchev–Trinajstić information content (AvgIpc) is 2.30. The monoisotopic (exact) mass is 209 g/mol. The van der Waals surface area contributed by atoms with E-state index in [9.17, 15) is 10.0 Å². The number of pyridine rings is 1. The molecule has 1 rings (SSSR count). The van der Waals surface area contributed by atoms with Crippen LogP contribution in [0.1, 0.15) is 24.5 Å². The number of hydrogen-bond acceptors (Lipinski definition) is 5. The summed E-state index contributed by atoms with van der Waals surface area (Å²) in [6.07, 6.45) is 4.30. The zero-order valence-electron chi connectivity index (χ0n) is 8.47. The lowest BCUT2D eigenvalue weighted by Gasteiger charge is -2.09. The Kier molecular flexibility index (Phi) is 5.50. The summed E-state index contributed by atoms with van der Waals surface area (Å²) in [4.78, 5) is 13.7. The van der Waals surface area contributed by atoms with E-state index in [0.717, 1.165) is 12.0 Å². The van der Waals surface area contributed by atoms with E-state index >= 15 is 0 Å². The Bertz CT molecular complexity index is 279. The molecule has 0 saturated carbocycles. The number of aliphatic hydroxyl groups excluding tert-OH is 1. The number of aromatic nitrogens is 1. The van der Waals surface area contributed by atoms with Crippen molar-refractivity contribution in [2.45, 2.75) is 18.9 Å². The Labute approximate surface area is 88.5 Å². The fourth-order valence-corrected chi connectivity index (χ4v) is 1.28. The summed E-state index contributed by atoms with van der Waals surface area (Å²) in [6.45, 7) is 0.812. The first-order valence-electron chi connectivity index (χ1n) is 4.92. The first kappa shape index (κ1) is 11.7. The van der Waals surface area contributed by atoms with Crippen LogP contribution in [-0.4, -0.2) is 23.3 Å². The summed E-state index contributed by atoms with van der Waals surface area (Å²) < 4.78 is 0. The highest BCUT2D eigenvalue weighted by Gasteiger charge is 2.05. The molecule has 1 heterocycles. The number of nitroso groups, excluding NO2 is 1. The van der Waals surface area contributed by atoms with Crippen molar-refractivity contribution >= 4 is 0 Å². The van der Waals surface area contributed by atoms with Crippen LogP contribution < -0.4 is 5.32 Å². The molecule has 1 unspecified atom stereocenters. The predicted octanol–water partition coefficient (Wildman–Crippen LogP) is 1.21. The molecule has 1 aromatic heterocycles. The molecule has 5 nitrogen and oxygen atoms in total. The van der Waals surface area contributed by atoms with E-state index < -0.39 is 6.10 Å². The van der Waals surface area contributed by atoms with Gasteiger partial charge in [-0.25, -0.2) is 0 Å². The Hall–Kier alpha value is -1.33. The fourth-order valence-electron chi connectivity index (χ4n) is 1.28. The van der Waals surface area contributed by atoms with Gasteiger partial charge in [0.05, 0.1) is 6.10 Å². The molecular weight excluding hydrogens is 194 g/mol. The molecule has 0 amide bonds. The van der Waals surface area contributed by atoms with E-state index in [1.807, 2.05) is 6.07 Å². The van der Waals surface area contributed by atoms with Crippen molar-refractivity contribution in [3.05, 3.63) is 35.0 Å². The number of nitrogens with one attached hydrogen (secondary N) is 1. The first-order valence-corrected chi connectivity index (χ1v) is 4.92. The van der Waals surface area contributed by atoms with Crippen molar-refractivity contribution in [2.75, 3.05) is 13.2 Å². The summed E-state index contributed by atoms with van der Waals surface area (Å²) in [5.41, 5.74) is 0.825. The largest absolute Gasteiger partial charge is 0.388 e. The minimum Gasteiger partial charge on any atom is -0.388 e. The SMILES string of the molecule is O=NCNCCCC(O)c1cccnc1. The molecule has 1 aromatic rings. The van der Waals surface area contributed by atoms with Crippen LogP contribution in [0.15, 0.2) is 29.7 Å². The highest BCUT2D eigenvalue weighted by molar-refractivity contribution is 5.11. The number of nitrogens with zero attached hydrogens (tertiary/aromatic N) is 2. The van der Waals surface area contributed by atoms with Crippen LogP contribution in [0.2, 0.25) is 0 Å². The van der Waals surface area contributed by atoms with Crippen molar-refractivity contribution in [1.29, 1.82) is 0 Å². The van der Waals surface area contributed by atoms with Crippen LogP contribution in [0.4, 0.5) is 0 Å². The second-order valence-corrected chi connectivity index (χ2v) is 3.23. The maximum Gasteiger partial charge on any atom is 0.131 e. The third kappa shape index (κ3) is 4.62. The number of aliphatic hydroxyl groups is 1. The minimum atomic E-state index is -0.482. The van der Waals surface area contributed by atoms with Gasteiger partial charge in [0, 0.05) is 12.4 Å². The third-order valence-electron chi connectivity index (χ3n) is 2.08. The molecule has 0 radical (unpaired) electrons. The van der Waals surface area contributed by atoms with E-state index in [0.29, 0.717) is 13.0 Å². The van der Waals surface area contributed by atoms with Gasteiger partial charge in [-0.05, 0) is 31.0 Å². The fraction of sp³-hybridized carbons (Fsp3) is 0.500. The van der Waals surface area contributed by atoms with Gasteiger partial charge < -0.3 is 5.11 Å². The Morgan fingerprint density at radius 1 is 1.60 bits per heavy atom. The first-order chi connectivity index (χ1) is 7.34. The third-order valence-corrected chi connectivity index (χ3v) is 2.08. The molecule has 15 heavy (non-hydrogen) atoms. The lowest BCUT2D eigenvalue weighted by Crippen LogP contribution is -2.15. The van der Waals surface area contributed by atoms with E-state index in [1.54, 1.807) is 18.5 Å². The van der Waals surface area contributed by atoms with Crippen LogP contribution in [0.5, 0.6) is 0 Å². The minimum absolute atomic E-state index is 0.128. The van der Waals surface area contributed by atoms with Crippen LogP contribution >= 0.6 is 0 Å². The normalized spacial score (nSPS) is 12.3. The van der Waals surface area contributed by atoms with Gasteiger partial charge in [-0.2, -0.15) is 0 Å². The van der Waals surface area contributed by atoms with Crippen LogP contribution in [0.25, 0.3) is 0 Å². The zero-order chi connectivity index (χ0) is 10.9. The van der Waals surface area contributed by atoms with Crippen LogP contribution in [-0.2, 0) is 0 Å². The summed E-state index contributed by atoms with van der Waals surface area (Å²) in [7, 11) is 0. The summed E-state index contributed by atoms with van der Waals surface area (Å²) in [5, 5.41) is 15.2. The van der Waals surface area contributed by atoms with Gasteiger partial charge in [0.15, 0.2) is 0 Å². The molecule has 0 aliphatic rings. The van der Waals surface area contributed by atoms with Crippen LogP contribution in [0.3, 0.4) is 0 Å². The topological polar surface area (TPSA) is 74.6 Å². The predicted molar refractivity (Wildman–Crippen MR) is 57.1 cm³/mol. The van der Waals surface area contributed by atoms with Gasteiger partial charge in [-0.15, -0.1) is 4.91 Å². The lowest BCUT2D eigenvalue weighted by molar-refractivity contribution is 0.164. The van der Waals surface area contributed by atoms with Gasteiger partial charge in [-0.1, -0.05) is 11.2 Å². The Morgan fingerprint density at radius 2 is 2.47 bits per heavy atom. The zero-order valence-corrected chi connectivity index (χ0v) is 8.47. The van der Waals surface area contributed by atoms with Crippen LogP contribution in [0, 0.1) is 4.91 Å². The van der Waals surface area contributed by atoms with Crippen molar-refractivity contribution in [2.24, 2.45) is 5.18 Å². The molecule has 0 aliphatic heterocycles. The molecule has 0 fully saturated rings. The van der Waals surface area contributed by atoms with Crippen molar-refractivity contribution in [1.82, 2.24) is 10.3 Å². The van der Waals surface area contributed by atoms with Gasteiger partial charge in [0.25, 0.3) is 0 Å².